The molecule has 0 aromatic carbocycles. The van der Waals surface area contributed by atoms with E-state index in [1.807, 2.05) is 0 Å². The van der Waals surface area contributed by atoms with Crippen LogP contribution < -0.4 is 16.2 Å². The van der Waals surface area contributed by atoms with Crippen molar-refractivity contribution in [3.05, 3.63) is 44.8 Å². The second-order valence-corrected chi connectivity index (χ2v) is 9.27. The summed E-state index contributed by atoms with van der Waals surface area (Å²) in [4.78, 5) is 43.1. The number of nitrogens with zero attached hydrogens (tertiary/aromatic N) is 2. The number of hydrogen-bond acceptors (Lipinski definition) is 5. The topological polar surface area (TPSA) is 93.1 Å². The van der Waals surface area contributed by atoms with Crippen LogP contribution >= 0.6 is 11.3 Å². The Hall–Kier alpha value is -2.48. The summed E-state index contributed by atoms with van der Waals surface area (Å²) >= 11 is 1.53. The SMILES string of the molecule is O=C(Cn1cc(C(=O)Nc2nc3c(s2)CCCCC3)ccc1=O)NC1CCCCC1. The molecule has 2 amide bonds. The van der Waals surface area contributed by atoms with Gasteiger partial charge in [0.2, 0.25) is 5.91 Å². The Bertz CT molecular complexity index is 952. The van der Waals surface area contributed by atoms with Crippen molar-refractivity contribution in [3.63, 3.8) is 0 Å². The molecule has 1 fully saturated rings. The van der Waals surface area contributed by atoms with E-state index in [-0.39, 0.29) is 30.0 Å². The molecule has 160 valence electrons. The maximum Gasteiger partial charge on any atom is 0.258 e. The maximum atomic E-state index is 12.7. The minimum atomic E-state index is -0.319. The van der Waals surface area contributed by atoms with Gasteiger partial charge in [-0.05, 0) is 44.6 Å². The number of rotatable bonds is 5. The van der Waals surface area contributed by atoms with Gasteiger partial charge in [-0.15, -0.1) is 11.3 Å². The summed E-state index contributed by atoms with van der Waals surface area (Å²) in [6.07, 6.45) is 12.4. The first kappa shape index (κ1) is 20.8. The molecular formula is C22H28N4O3S. The second kappa shape index (κ2) is 9.55. The Morgan fingerprint density at radius 3 is 2.67 bits per heavy atom. The third-order valence-corrected chi connectivity index (χ3v) is 6.92. The number of aryl methyl sites for hydroxylation is 2. The van der Waals surface area contributed by atoms with Crippen LogP contribution in [0.15, 0.2) is 23.1 Å². The molecule has 8 heteroatoms. The van der Waals surface area contributed by atoms with E-state index >= 15 is 0 Å². The summed E-state index contributed by atoms with van der Waals surface area (Å²) in [5.74, 6) is -0.509. The van der Waals surface area contributed by atoms with Crippen LogP contribution in [0.4, 0.5) is 5.13 Å². The summed E-state index contributed by atoms with van der Waals surface area (Å²) in [5, 5.41) is 6.46. The molecule has 0 atom stereocenters. The number of anilines is 1. The van der Waals surface area contributed by atoms with E-state index in [0.717, 1.165) is 57.1 Å². The lowest BCUT2D eigenvalue weighted by Gasteiger charge is -2.22. The number of fused-ring (bicyclic) bond motifs is 1. The molecule has 0 aliphatic heterocycles. The van der Waals surface area contributed by atoms with Crippen molar-refractivity contribution in [3.8, 4) is 0 Å². The highest BCUT2D eigenvalue weighted by Gasteiger charge is 2.18. The molecular weight excluding hydrogens is 400 g/mol. The average Bonchev–Trinajstić information content (AvgIpc) is 2.98. The highest BCUT2D eigenvalue weighted by Crippen LogP contribution is 2.29. The molecule has 0 saturated heterocycles. The summed E-state index contributed by atoms with van der Waals surface area (Å²) in [5.41, 5.74) is 1.13. The lowest BCUT2D eigenvalue weighted by molar-refractivity contribution is -0.122. The van der Waals surface area contributed by atoms with E-state index in [4.69, 9.17) is 0 Å². The number of hydrogen-bond donors (Lipinski definition) is 2. The molecule has 2 aliphatic rings. The lowest BCUT2D eigenvalue weighted by atomic mass is 9.95. The fourth-order valence-electron chi connectivity index (χ4n) is 4.22. The van der Waals surface area contributed by atoms with Crippen LogP contribution in [0.5, 0.6) is 0 Å². The summed E-state index contributed by atoms with van der Waals surface area (Å²) in [6.45, 7) is -0.0813. The van der Waals surface area contributed by atoms with E-state index in [0.29, 0.717) is 10.7 Å². The van der Waals surface area contributed by atoms with Gasteiger partial charge in [-0.2, -0.15) is 0 Å². The lowest BCUT2D eigenvalue weighted by Crippen LogP contribution is -2.39. The van der Waals surface area contributed by atoms with Crippen molar-refractivity contribution >= 4 is 28.3 Å². The first-order valence-corrected chi connectivity index (χ1v) is 11.7. The van der Waals surface area contributed by atoms with Gasteiger partial charge in [0, 0.05) is 23.2 Å². The largest absolute Gasteiger partial charge is 0.352 e. The smallest absolute Gasteiger partial charge is 0.258 e. The molecule has 0 bridgehead atoms. The van der Waals surface area contributed by atoms with Crippen molar-refractivity contribution in [2.75, 3.05) is 5.32 Å². The second-order valence-electron chi connectivity index (χ2n) is 8.19. The van der Waals surface area contributed by atoms with Crippen LogP contribution in [0.2, 0.25) is 0 Å². The molecule has 2 N–H and O–H groups in total. The van der Waals surface area contributed by atoms with Crippen molar-refractivity contribution in [1.82, 2.24) is 14.9 Å². The highest BCUT2D eigenvalue weighted by molar-refractivity contribution is 7.15. The third-order valence-electron chi connectivity index (χ3n) is 5.85. The molecule has 0 radical (unpaired) electrons. The van der Waals surface area contributed by atoms with Gasteiger partial charge in [0.15, 0.2) is 5.13 Å². The van der Waals surface area contributed by atoms with Gasteiger partial charge in [0.1, 0.15) is 6.54 Å². The number of carbonyl (C=O) groups is 2. The van der Waals surface area contributed by atoms with Crippen molar-refractivity contribution in [1.29, 1.82) is 0 Å². The molecule has 2 aromatic rings. The van der Waals surface area contributed by atoms with Gasteiger partial charge < -0.3 is 9.88 Å². The number of nitrogens with one attached hydrogen (secondary N) is 2. The molecule has 30 heavy (non-hydrogen) atoms. The molecule has 0 unspecified atom stereocenters. The zero-order valence-corrected chi connectivity index (χ0v) is 17.9. The van der Waals surface area contributed by atoms with E-state index < -0.39 is 0 Å². The fraction of sp³-hybridized carbons (Fsp3) is 0.545. The number of pyridine rings is 1. The zero-order chi connectivity index (χ0) is 20.9. The van der Waals surface area contributed by atoms with Crippen LogP contribution in [0.25, 0.3) is 0 Å². The van der Waals surface area contributed by atoms with Gasteiger partial charge in [-0.1, -0.05) is 25.7 Å². The molecule has 7 nitrogen and oxygen atoms in total. The highest BCUT2D eigenvalue weighted by atomic mass is 32.1. The molecule has 4 rings (SSSR count). The van der Waals surface area contributed by atoms with Crippen LogP contribution in [0.3, 0.4) is 0 Å². The van der Waals surface area contributed by atoms with Crippen LogP contribution in [0.1, 0.15) is 72.3 Å². The minimum absolute atomic E-state index is 0.0813. The standard InChI is InChI=1S/C22H28N4O3S/c27-19(23-16-7-3-1-4-8-16)14-26-13-15(11-12-20(26)28)21(29)25-22-24-17-9-5-2-6-10-18(17)30-22/h11-13,16H,1-10,14H2,(H,23,27)(H,24,25,29). The molecule has 2 aliphatic carbocycles. The van der Waals surface area contributed by atoms with Gasteiger partial charge >= 0.3 is 0 Å². The molecule has 2 heterocycles. The Labute approximate surface area is 179 Å². The molecule has 2 aromatic heterocycles. The predicted molar refractivity (Wildman–Crippen MR) is 117 cm³/mol. The summed E-state index contributed by atoms with van der Waals surface area (Å²) < 4.78 is 1.30. The van der Waals surface area contributed by atoms with E-state index in [1.54, 1.807) is 0 Å². The first-order chi connectivity index (χ1) is 14.6. The Morgan fingerprint density at radius 1 is 1.07 bits per heavy atom. The van der Waals surface area contributed by atoms with Gasteiger partial charge in [0.25, 0.3) is 11.5 Å². The fourth-order valence-corrected chi connectivity index (χ4v) is 5.26. The van der Waals surface area contributed by atoms with Crippen molar-refractivity contribution < 1.29 is 9.59 Å². The van der Waals surface area contributed by atoms with Gasteiger partial charge in [-0.25, -0.2) is 4.98 Å². The Morgan fingerprint density at radius 2 is 1.83 bits per heavy atom. The Balaban J connectivity index is 1.41. The normalized spacial score (nSPS) is 17.1. The van der Waals surface area contributed by atoms with Crippen LogP contribution in [-0.4, -0.2) is 27.4 Å². The van der Waals surface area contributed by atoms with Crippen LogP contribution in [-0.2, 0) is 24.2 Å². The van der Waals surface area contributed by atoms with E-state index in [2.05, 4.69) is 15.6 Å². The van der Waals surface area contributed by atoms with Crippen LogP contribution in [0, 0.1) is 0 Å². The first-order valence-electron chi connectivity index (χ1n) is 10.9. The predicted octanol–water partition coefficient (Wildman–Crippen LogP) is 3.27. The van der Waals surface area contributed by atoms with Gasteiger partial charge in [-0.3, -0.25) is 19.7 Å². The van der Waals surface area contributed by atoms with Crippen molar-refractivity contribution in [2.45, 2.75) is 76.8 Å². The molecule has 0 spiro atoms. The third kappa shape index (κ3) is 5.16. The Kier molecular flexibility index (Phi) is 6.62. The number of thiazole rings is 1. The monoisotopic (exact) mass is 428 g/mol. The number of amides is 2. The summed E-state index contributed by atoms with van der Waals surface area (Å²) in [6, 6.07) is 3.01. The quantitative estimate of drug-likeness (QED) is 0.715. The molecule has 1 saturated carbocycles. The minimum Gasteiger partial charge on any atom is -0.352 e. The average molecular weight is 429 g/mol. The van der Waals surface area contributed by atoms with E-state index in [1.165, 1.54) is 52.0 Å². The van der Waals surface area contributed by atoms with Gasteiger partial charge in [0.05, 0.1) is 11.3 Å². The number of aromatic nitrogens is 2. The maximum absolute atomic E-state index is 12.7. The number of carbonyl (C=O) groups excluding carboxylic acids is 2. The van der Waals surface area contributed by atoms with Crippen molar-refractivity contribution in [2.24, 2.45) is 0 Å². The zero-order valence-electron chi connectivity index (χ0n) is 17.1. The van der Waals surface area contributed by atoms with E-state index in [9.17, 15) is 14.4 Å². The summed E-state index contributed by atoms with van der Waals surface area (Å²) in [7, 11) is 0.